The first-order valence-electron chi connectivity index (χ1n) is 6.09. The minimum Gasteiger partial charge on any atom is -0.497 e. The lowest BCUT2D eigenvalue weighted by Crippen LogP contribution is -2.37. The van der Waals surface area contributed by atoms with Crippen molar-refractivity contribution in [3.63, 3.8) is 0 Å². The van der Waals surface area contributed by atoms with E-state index in [-0.39, 0.29) is 19.2 Å². The summed E-state index contributed by atoms with van der Waals surface area (Å²) in [5, 5.41) is 13.9. The van der Waals surface area contributed by atoms with Crippen molar-refractivity contribution in [2.24, 2.45) is 0 Å². The molecule has 0 fully saturated rings. The lowest BCUT2D eigenvalue weighted by Gasteiger charge is -2.08. The zero-order valence-corrected chi connectivity index (χ0v) is 11.0. The average molecular weight is 268 g/mol. The molecule has 0 aliphatic heterocycles. The van der Waals surface area contributed by atoms with Crippen LogP contribution in [0, 0.1) is 0 Å². The Morgan fingerprint density at radius 3 is 2.89 bits per heavy atom. The Balaban J connectivity index is 2.18. The highest BCUT2D eigenvalue weighted by molar-refractivity contribution is 5.73. The normalized spacial score (nSPS) is 10.0. The number of aliphatic hydroxyl groups excluding tert-OH is 1. The minimum absolute atomic E-state index is 0.0119. The van der Waals surface area contributed by atoms with Crippen LogP contribution in [0.3, 0.4) is 0 Å². The van der Waals surface area contributed by atoms with Crippen molar-refractivity contribution >= 4 is 6.03 Å². The molecule has 1 aromatic carbocycles. The highest BCUT2D eigenvalue weighted by Crippen LogP contribution is 2.11. The maximum atomic E-state index is 11.4. The summed E-state index contributed by atoms with van der Waals surface area (Å²) >= 11 is 0. The topological polar surface area (TPSA) is 79.8 Å². The third-order valence-corrected chi connectivity index (χ3v) is 2.35. The van der Waals surface area contributed by atoms with Gasteiger partial charge in [0.15, 0.2) is 0 Å². The van der Waals surface area contributed by atoms with Gasteiger partial charge in [-0.05, 0) is 17.7 Å². The SMILES string of the molecule is COc1cccc(CNC(=O)NCCOCCO)c1. The highest BCUT2D eigenvalue weighted by Gasteiger charge is 2.00. The number of ether oxygens (including phenoxy) is 2. The van der Waals surface area contributed by atoms with Crippen molar-refractivity contribution < 1.29 is 19.4 Å². The van der Waals surface area contributed by atoms with Gasteiger partial charge < -0.3 is 25.2 Å². The summed E-state index contributed by atoms with van der Waals surface area (Å²) in [4.78, 5) is 11.4. The van der Waals surface area contributed by atoms with Crippen molar-refractivity contribution in [1.82, 2.24) is 10.6 Å². The van der Waals surface area contributed by atoms with Crippen molar-refractivity contribution in [3.8, 4) is 5.75 Å². The van der Waals surface area contributed by atoms with Gasteiger partial charge in [-0.1, -0.05) is 12.1 Å². The molecule has 0 aliphatic carbocycles. The smallest absolute Gasteiger partial charge is 0.315 e. The van der Waals surface area contributed by atoms with Gasteiger partial charge in [0.2, 0.25) is 0 Å². The molecule has 0 heterocycles. The number of methoxy groups -OCH3 is 1. The van der Waals surface area contributed by atoms with Gasteiger partial charge >= 0.3 is 6.03 Å². The molecule has 6 nitrogen and oxygen atoms in total. The number of amides is 2. The molecule has 0 spiro atoms. The van der Waals surface area contributed by atoms with Crippen LogP contribution >= 0.6 is 0 Å². The van der Waals surface area contributed by atoms with Crippen molar-refractivity contribution in [1.29, 1.82) is 0 Å². The Morgan fingerprint density at radius 2 is 2.16 bits per heavy atom. The van der Waals surface area contributed by atoms with Crippen LogP contribution in [0.4, 0.5) is 4.79 Å². The van der Waals surface area contributed by atoms with E-state index in [1.54, 1.807) is 7.11 Å². The summed E-state index contributed by atoms with van der Waals surface area (Å²) < 4.78 is 10.1. The minimum atomic E-state index is -0.254. The molecule has 0 saturated heterocycles. The molecule has 6 heteroatoms. The fraction of sp³-hybridized carbons (Fsp3) is 0.462. The summed E-state index contributed by atoms with van der Waals surface area (Å²) in [6.45, 7) is 1.49. The molecule has 3 N–H and O–H groups in total. The van der Waals surface area contributed by atoms with Gasteiger partial charge in [0.1, 0.15) is 5.75 Å². The Hall–Kier alpha value is -1.79. The molecule has 1 rings (SSSR count). The first-order chi connectivity index (χ1) is 9.26. The molecule has 106 valence electrons. The van der Waals surface area contributed by atoms with E-state index in [0.29, 0.717) is 19.7 Å². The molecule has 19 heavy (non-hydrogen) atoms. The standard InChI is InChI=1S/C13H20N2O4/c1-18-12-4-2-3-11(9-12)10-15-13(17)14-5-7-19-8-6-16/h2-4,9,16H,5-8,10H2,1H3,(H2,14,15,17). The predicted molar refractivity (Wildman–Crippen MR) is 71.1 cm³/mol. The zero-order chi connectivity index (χ0) is 13.9. The highest BCUT2D eigenvalue weighted by atomic mass is 16.5. The molecule has 0 atom stereocenters. The average Bonchev–Trinajstić information content (AvgIpc) is 2.45. The van der Waals surface area contributed by atoms with Crippen LogP contribution in [-0.4, -0.2) is 44.6 Å². The molecule has 0 aromatic heterocycles. The molecule has 2 amide bonds. The van der Waals surface area contributed by atoms with E-state index in [2.05, 4.69) is 10.6 Å². The summed E-state index contributed by atoms with van der Waals surface area (Å²) in [6, 6.07) is 7.24. The number of hydrogen-bond acceptors (Lipinski definition) is 4. The lowest BCUT2D eigenvalue weighted by molar-refractivity contribution is 0.0947. The summed E-state index contributed by atoms with van der Waals surface area (Å²) in [7, 11) is 1.60. The van der Waals surface area contributed by atoms with Gasteiger partial charge in [0, 0.05) is 13.1 Å². The molecule has 0 saturated carbocycles. The predicted octanol–water partition coefficient (Wildman–Crippen LogP) is 0.503. The number of rotatable bonds is 8. The van der Waals surface area contributed by atoms with Crippen LogP contribution < -0.4 is 15.4 Å². The van der Waals surface area contributed by atoms with E-state index < -0.39 is 0 Å². The number of nitrogens with one attached hydrogen (secondary N) is 2. The Labute approximate surface area is 112 Å². The van der Waals surface area contributed by atoms with Crippen LogP contribution in [0.25, 0.3) is 0 Å². The van der Waals surface area contributed by atoms with Crippen LogP contribution in [0.2, 0.25) is 0 Å². The van der Waals surface area contributed by atoms with Gasteiger partial charge in [-0.25, -0.2) is 4.79 Å². The van der Waals surface area contributed by atoms with Gasteiger partial charge in [-0.2, -0.15) is 0 Å². The maximum absolute atomic E-state index is 11.4. The van der Waals surface area contributed by atoms with E-state index >= 15 is 0 Å². The van der Waals surface area contributed by atoms with E-state index in [9.17, 15) is 4.79 Å². The van der Waals surface area contributed by atoms with E-state index in [4.69, 9.17) is 14.6 Å². The molecular formula is C13H20N2O4. The lowest BCUT2D eigenvalue weighted by atomic mass is 10.2. The van der Waals surface area contributed by atoms with E-state index in [1.807, 2.05) is 24.3 Å². The van der Waals surface area contributed by atoms with E-state index in [1.165, 1.54) is 0 Å². The molecule has 0 aliphatic rings. The molecule has 0 bridgehead atoms. The summed E-state index contributed by atoms with van der Waals surface area (Å²) in [6.07, 6.45) is 0. The number of urea groups is 1. The van der Waals surface area contributed by atoms with Crippen molar-refractivity contribution in [3.05, 3.63) is 29.8 Å². The second-order valence-corrected chi connectivity index (χ2v) is 3.80. The molecule has 0 radical (unpaired) electrons. The quantitative estimate of drug-likeness (QED) is 0.600. The summed E-state index contributed by atoms with van der Waals surface area (Å²) in [5.41, 5.74) is 0.964. The Kier molecular flexibility index (Phi) is 7.38. The zero-order valence-electron chi connectivity index (χ0n) is 11.0. The third kappa shape index (κ3) is 6.64. The Morgan fingerprint density at radius 1 is 1.32 bits per heavy atom. The number of aliphatic hydroxyl groups is 1. The van der Waals surface area contributed by atoms with Gasteiger partial charge in [0.25, 0.3) is 0 Å². The van der Waals surface area contributed by atoms with Crippen LogP contribution in [0.1, 0.15) is 5.56 Å². The summed E-state index contributed by atoms with van der Waals surface area (Å²) in [5.74, 6) is 0.761. The third-order valence-electron chi connectivity index (χ3n) is 2.35. The number of carbonyl (C=O) groups is 1. The maximum Gasteiger partial charge on any atom is 0.315 e. The number of hydrogen-bond donors (Lipinski definition) is 3. The second-order valence-electron chi connectivity index (χ2n) is 3.80. The number of carbonyl (C=O) groups excluding carboxylic acids is 1. The van der Waals surface area contributed by atoms with Gasteiger partial charge in [-0.3, -0.25) is 0 Å². The fourth-order valence-electron chi connectivity index (χ4n) is 1.43. The van der Waals surface area contributed by atoms with Crippen molar-refractivity contribution in [2.45, 2.75) is 6.54 Å². The van der Waals surface area contributed by atoms with Crippen LogP contribution in [0.15, 0.2) is 24.3 Å². The van der Waals surface area contributed by atoms with Crippen molar-refractivity contribution in [2.75, 3.05) is 33.5 Å². The second kappa shape index (κ2) is 9.18. The van der Waals surface area contributed by atoms with E-state index in [0.717, 1.165) is 11.3 Å². The Bertz CT molecular complexity index is 385. The largest absolute Gasteiger partial charge is 0.497 e. The van der Waals surface area contributed by atoms with Crippen LogP contribution in [0.5, 0.6) is 5.75 Å². The monoisotopic (exact) mass is 268 g/mol. The molecular weight excluding hydrogens is 248 g/mol. The molecule has 1 aromatic rings. The number of benzene rings is 1. The van der Waals surface area contributed by atoms with Crippen LogP contribution in [-0.2, 0) is 11.3 Å². The first kappa shape index (κ1) is 15.3. The molecule has 0 unspecified atom stereocenters. The van der Waals surface area contributed by atoms with Gasteiger partial charge in [0.05, 0.1) is 26.9 Å². The fourth-order valence-corrected chi connectivity index (χ4v) is 1.43. The van der Waals surface area contributed by atoms with Gasteiger partial charge in [-0.15, -0.1) is 0 Å². The first-order valence-corrected chi connectivity index (χ1v) is 6.09.